The van der Waals surface area contributed by atoms with Crippen LogP contribution in [0.5, 0.6) is 0 Å². The maximum Gasteiger partial charge on any atom is 0.416 e. The lowest BCUT2D eigenvalue weighted by Gasteiger charge is -2.11. The van der Waals surface area contributed by atoms with E-state index in [2.05, 4.69) is 4.72 Å². The molecule has 0 saturated carbocycles. The van der Waals surface area contributed by atoms with Crippen LogP contribution >= 0.6 is 0 Å². The smallest absolute Gasteiger partial charge is 0.214 e. The van der Waals surface area contributed by atoms with Crippen molar-refractivity contribution in [1.29, 1.82) is 0 Å². The van der Waals surface area contributed by atoms with Gasteiger partial charge in [0.05, 0.1) is 10.5 Å². The lowest BCUT2D eigenvalue weighted by Crippen LogP contribution is -2.19. The van der Waals surface area contributed by atoms with E-state index in [1.54, 1.807) is 18.2 Å². The van der Waals surface area contributed by atoms with E-state index in [0.717, 1.165) is 12.1 Å². The molecule has 2 aromatic carbocycles. The van der Waals surface area contributed by atoms with Crippen LogP contribution < -0.4 is 4.72 Å². The van der Waals surface area contributed by atoms with E-state index >= 15 is 0 Å². The highest BCUT2D eigenvalue weighted by molar-refractivity contribution is 7.89. The topological polar surface area (TPSA) is 46.2 Å². The Kier molecular flexibility index (Phi) is 4.06. The Morgan fingerprint density at radius 2 is 1.52 bits per heavy atom. The van der Waals surface area contributed by atoms with Gasteiger partial charge < -0.3 is 0 Å². The molecule has 0 fully saturated rings. The lowest BCUT2D eigenvalue weighted by molar-refractivity contribution is -0.137. The second-order valence-electron chi connectivity index (χ2n) is 4.28. The number of rotatable bonds is 3. The summed E-state index contributed by atoms with van der Waals surface area (Å²) in [6.45, 7) is 0. The molecule has 0 bridgehead atoms. The monoisotopic (exact) mass is 315 g/mol. The molecule has 0 heterocycles. The molecule has 2 aromatic rings. The third-order valence-electron chi connectivity index (χ3n) is 2.97. The number of alkyl halides is 3. The molecular formula is C14H12F3NO2S. The van der Waals surface area contributed by atoms with Crippen LogP contribution in [0.1, 0.15) is 5.56 Å². The van der Waals surface area contributed by atoms with Gasteiger partial charge in [-0.15, -0.1) is 0 Å². The number of hydrogen-bond acceptors (Lipinski definition) is 2. The van der Waals surface area contributed by atoms with Crippen LogP contribution in [-0.4, -0.2) is 15.5 Å². The molecule has 0 aliphatic rings. The zero-order chi connectivity index (χ0) is 15.7. The van der Waals surface area contributed by atoms with Crippen molar-refractivity contribution in [3.05, 3.63) is 54.1 Å². The zero-order valence-corrected chi connectivity index (χ0v) is 11.8. The van der Waals surface area contributed by atoms with Gasteiger partial charge in [-0.3, -0.25) is 0 Å². The van der Waals surface area contributed by atoms with Crippen molar-refractivity contribution in [2.75, 3.05) is 7.05 Å². The van der Waals surface area contributed by atoms with Crippen molar-refractivity contribution in [3.63, 3.8) is 0 Å². The normalized spacial score (nSPS) is 12.4. The molecule has 0 amide bonds. The minimum absolute atomic E-state index is 0.0206. The summed E-state index contributed by atoms with van der Waals surface area (Å²) in [5.41, 5.74) is -0.0294. The molecule has 0 unspecified atom stereocenters. The Bertz CT molecular complexity index is 738. The number of sulfonamides is 1. The average molecular weight is 315 g/mol. The van der Waals surface area contributed by atoms with Gasteiger partial charge in [-0.1, -0.05) is 30.3 Å². The standard InChI is InChI=1S/C14H12F3NO2S/c1-18-21(19,20)13-5-3-2-4-12(13)10-6-8-11(9-7-10)14(15,16)17/h2-9,18H,1H3. The van der Waals surface area contributed by atoms with E-state index in [0.29, 0.717) is 11.1 Å². The fourth-order valence-corrected chi connectivity index (χ4v) is 2.84. The van der Waals surface area contributed by atoms with E-state index < -0.39 is 21.8 Å². The maximum absolute atomic E-state index is 12.5. The van der Waals surface area contributed by atoms with Gasteiger partial charge in [0.15, 0.2) is 0 Å². The zero-order valence-electron chi connectivity index (χ0n) is 11.0. The van der Waals surface area contributed by atoms with Gasteiger partial charge in [-0.05, 0) is 30.8 Å². The van der Waals surface area contributed by atoms with E-state index in [9.17, 15) is 21.6 Å². The van der Waals surface area contributed by atoms with Gasteiger partial charge in [-0.2, -0.15) is 13.2 Å². The predicted molar refractivity (Wildman–Crippen MR) is 73.1 cm³/mol. The van der Waals surface area contributed by atoms with Crippen molar-refractivity contribution in [1.82, 2.24) is 4.72 Å². The van der Waals surface area contributed by atoms with Gasteiger partial charge in [0.1, 0.15) is 0 Å². The first-order valence-electron chi connectivity index (χ1n) is 5.96. The van der Waals surface area contributed by atoms with Gasteiger partial charge in [0, 0.05) is 5.56 Å². The molecule has 112 valence electrons. The van der Waals surface area contributed by atoms with E-state index in [-0.39, 0.29) is 4.90 Å². The number of nitrogens with one attached hydrogen (secondary N) is 1. The minimum Gasteiger partial charge on any atom is -0.214 e. The molecule has 0 aromatic heterocycles. The highest BCUT2D eigenvalue weighted by Gasteiger charge is 2.30. The summed E-state index contributed by atoms with van der Waals surface area (Å²) < 4.78 is 63.7. The third-order valence-corrected chi connectivity index (χ3v) is 4.44. The van der Waals surface area contributed by atoms with E-state index in [4.69, 9.17) is 0 Å². The van der Waals surface area contributed by atoms with Gasteiger partial charge >= 0.3 is 6.18 Å². The Morgan fingerprint density at radius 3 is 2.05 bits per heavy atom. The lowest BCUT2D eigenvalue weighted by atomic mass is 10.0. The SMILES string of the molecule is CNS(=O)(=O)c1ccccc1-c1ccc(C(F)(F)F)cc1. The highest BCUT2D eigenvalue weighted by Crippen LogP contribution is 2.32. The first-order chi connectivity index (χ1) is 9.75. The van der Waals surface area contributed by atoms with Crippen molar-refractivity contribution in [2.45, 2.75) is 11.1 Å². The summed E-state index contributed by atoms with van der Waals surface area (Å²) in [5.74, 6) is 0. The molecule has 0 atom stereocenters. The quantitative estimate of drug-likeness (QED) is 0.945. The molecule has 21 heavy (non-hydrogen) atoms. The molecule has 0 aliphatic heterocycles. The summed E-state index contributed by atoms with van der Waals surface area (Å²) in [7, 11) is -2.41. The second-order valence-corrected chi connectivity index (χ2v) is 6.13. The second kappa shape index (κ2) is 5.50. The fraction of sp³-hybridized carbons (Fsp3) is 0.143. The van der Waals surface area contributed by atoms with Crippen molar-refractivity contribution < 1.29 is 21.6 Å². The molecule has 0 aliphatic carbocycles. The first kappa shape index (κ1) is 15.5. The van der Waals surface area contributed by atoms with Crippen molar-refractivity contribution in [2.24, 2.45) is 0 Å². The van der Waals surface area contributed by atoms with Crippen LogP contribution in [0.3, 0.4) is 0 Å². The van der Waals surface area contributed by atoms with Gasteiger partial charge in [0.2, 0.25) is 10.0 Å². The Labute approximate surface area is 120 Å². The highest BCUT2D eigenvalue weighted by atomic mass is 32.2. The van der Waals surface area contributed by atoms with Crippen LogP contribution in [0.4, 0.5) is 13.2 Å². The molecule has 2 rings (SSSR count). The molecular weight excluding hydrogens is 303 g/mol. The molecule has 0 saturated heterocycles. The predicted octanol–water partition coefficient (Wildman–Crippen LogP) is 3.28. The van der Waals surface area contributed by atoms with E-state index in [1.165, 1.54) is 25.2 Å². The summed E-state index contributed by atoms with van der Waals surface area (Å²) in [6, 6.07) is 10.5. The van der Waals surface area contributed by atoms with Crippen molar-refractivity contribution >= 4 is 10.0 Å². The van der Waals surface area contributed by atoms with Crippen LogP contribution in [0, 0.1) is 0 Å². The van der Waals surface area contributed by atoms with Gasteiger partial charge in [0.25, 0.3) is 0 Å². The summed E-state index contributed by atoms with van der Waals surface area (Å²) in [6.07, 6.45) is -4.42. The van der Waals surface area contributed by atoms with Crippen LogP contribution in [0.15, 0.2) is 53.4 Å². The molecule has 0 radical (unpaired) electrons. The Balaban J connectivity index is 2.54. The molecule has 7 heteroatoms. The number of benzene rings is 2. The summed E-state index contributed by atoms with van der Waals surface area (Å²) in [5, 5.41) is 0. The largest absolute Gasteiger partial charge is 0.416 e. The molecule has 1 N–H and O–H groups in total. The average Bonchev–Trinajstić information content (AvgIpc) is 2.46. The fourth-order valence-electron chi connectivity index (χ4n) is 1.89. The maximum atomic E-state index is 12.5. The third kappa shape index (κ3) is 3.25. The van der Waals surface area contributed by atoms with Crippen LogP contribution in [0.25, 0.3) is 11.1 Å². The Morgan fingerprint density at radius 1 is 0.952 bits per heavy atom. The summed E-state index contributed by atoms with van der Waals surface area (Å²) >= 11 is 0. The number of halogens is 3. The number of hydrogen-bond donors (Lipinski definition) is 1. The molecule has 3 nitrogen and oxygen atoms in total. The van der Waals surface area contributed by atoms with Gasteiger partial charge in [-0.25, -0.2) is 13.1 Å². The Hall–Kier alpha value is -1.86. The van der Waals surface area contributed by atoms with Crippen LogP contribution in [-0.2, 0) is 16.2 Å². The van der Waals surface area contributed by atoms with Crippen molar-refractivity contribution in [3.8, 4) is 11.1 Å². The summed E-state index contributed by atoms with van der Waals surface area (Å²) in [4.78, 5) is 0.0206. The van der Waals surface area contributed by atoms with Crippen LogP contribution in [0.2, 0.25) is 0 Å². The first-order valence-corrected chi connectivity index (χ1v) is 7.44. The molecule has 0 spiro atoms. The minimum atomic E-state index is -4.42. The van der Waals surface area contributed by atoms with E-state index in [1.807, 2.05) is 0 Å².